The smallest absolute Gasteiger partial charge is 0.335 e. The van der Waals surface area contributed by atoms with Crippen LogP contribution in [0.25, 0.3) is 5.69 Å². The van der Waals surface area contributed by atoms with Crippen LogP contribution < -0.4 is 0 Å². The minimum Gasteiger partial charge on any atom is -0.478 e. The van der Waals surface area contributed by atoms with Crippen LogP contribution in [0, 0.1) is 13.8 Å². The summed E-state index contributed by atoms with van der Waals surface area (Å²) < 4.78 is 2.49. The number of carboxylic acids is 1. The van der Waals surface area contributed by atoms with Crippen molar-refractivity contribution in [1.29, 1.82) is 0 Å². The van der Waals surface area contributed by atoms with E-state index >= 15 is 0 Å². The van der Waals surface area contributed by atoms with Gasteiger partial charge < -0.3 is 5.11 Å². The van der Waals surface area contributed by atoms with E-state index in [9.17, 15) is 4.79 Å². The average molecular weight is 295 g/mol. The van der Waals surface area contributed by atoms with E-state index < -0.39 is 5.97 Å². The highest BCUT2D eigenvalue weighted by Crippen LogP contribution is 2.23. The van der Waals surface area contributed by atoms with E-state index in [1.54, 1.807) is 22.9 Å². The number of rotatable bonds is 2. The third-order valence-electron chi connectivity index (χ3n) is 2.43. The van der Waals surface area contributed by atoms with Crippen LogP contribution in [0.15, 0.2) is 28.7 Å². The van der Waals surface area contributed by atoms with Crippen LogP contribution in [-0.4, -0.2) is 20.9 Å². The van der Waals surface area contributed by atoms with Gasteiger partial charge >= 0.3 is 5.97 Å². The first-order valence-electron chi connectivity index (χ1n) is 5.05. The van der Waals surface area contributed by atoms with Gasteiger partial charge in [0.25, 0.3) is 0 Å². The number of halogens is 1. The molecule has 1 heterocycles. The summed E-state index contributed by atoms with van der Waals surface area (Å²) in [5, 5.41) is 13.2. The number of aromatic carboxylic acids is 1. The molecule has 0 saturated carbocycles. The van der Waals surface area contributed by atoms with Crippen LogP contribution in [-0.2, 0) is 0 Å². The van der Waals surface area contributed by atoms with Crippen molar-refractivity contribution in [3.05, 3.63) is 45.7 Å². The highest BCUT2D eigenvalue weighted by Gasteiger charge is 2.10. The Hall–Kier alpha value is -1.62. The molecule has 1 N–H and O–H groups in total. The number of carbonyl (C=O) groups is 1. The molecule has 0 bridgehead atoms. The van der Waals surface area contributed by atoms with E-state index in [4.69, 9.17) is 5.11 Å². The van der Waals surface area contributed by atoms with Crippen LogP contribution in [0.1, 0.15) is 21.7 Å². The molecule has 17 heavy (non-hydrogen) atoms. The summed E-state index contributed by atoms with van der Waals surface area (Å²) >= 11 is 3.37. The van der Waals surface area contributed by atoms with E-state index in [0.29, 0.717) is 4.47 Å². The molecule has 2 aromatic rings. The zero-order valence-corrected chi connectivity index (χ0v) is 11.0. The lowest BCUT2D eigenvalue weighted by molar-refractivity contribution is 0.0697. The number of aromatic nitrogens is 2. The van der Waals surface area contributed by atoms with Crippen molar-refractivity contribution >= 4 is 21.9 Å². The molecule has 0 aliphatic rings. The molecule has 88 valence electrons. The molecule has 0 amide bonds. The highest BCUT2D eigenvalue weighted by atomic mass is 79.9. The van der Waals surface area contributed by atoms with Gasteiger partial charge in [-0.25, -0.2) is 9.48 Å². The van der Waals surface area contributed by atoms with Crippen LogP contribution in [0.5, 0.6) is 0 Å². The maximum Gasteiger partial charge on any atom is 0.335 e. The fourth-order valence-corrected chi connectivity index (χ4v) is 2.23. The van der Waals surface area contributed by atoms with E-state index in [1.807, 2.05) is 19.9 Å². The minimum absolute atomic E-state index is 0.252. The van der Waals surface area contributed by atoms with E-state index in [1.165, 1.54) is 0 Å². The molecular formula is C12H11BrN2O2. The zero-order valence-electron chi connectivity index (χ0n) is 9.44. The second-order valence-electron chi connectivity index (χ2n) is 3.81. The minimum atomic E-state index is -0.939. The summed E-state index contributed by atoms with van der Waals surface area (Å²) in [7, 11) is 0. The van der Waals surface area contributed by atoms with Gasteiger partial charge in [0.2, 0.25) is 0 Å². The molecule has 1 aromatic carbocycles. The maximum absolute atomic E-state index is 10.8. The first kappa shape index (κ1) is 11.9. The first-order chi connectivity index (χ1) is 7.99. The molecule has 5 heteroatoms. The van der Waals surface area contributed by atoms with Crippen molar-refractivity contribution in [3.63, 3.8) is 0 Å². The molecule has 0 fully saturated rings. The first-order valence-corrected chi connectivity index (χ1v) is 5.85. The molecule has 0 radical (unpaired) electrons. The Balaban J connectivity index is 2.54. The maximum atomic E-state index is 10.8. The Morgan fingerprint density at radius 3 is 2.53 bits per heavy atom. The Morgan fingerprint density at radius 1 is 1.35 bits per heavy atom. The normalized spacial score (nSPS) is 10.5. The number of benzene rings is 1. The Bertz CT molecular complexity index is 590. The summed E-state index contributed by atoms with van der Waals surface area (Å²) in [5.74, 6) is -0.939. The molecule has 4 nitrogen and oxygen atoms in total. The summed E-state index contributed by atoms with van der Waals surface area (Å²) in [5.41, 5.74) is 3.02. The number of carboxylic acid groups (broad SMARTS) is 1. The van der Waals surface area contributed by atoms with Crippen LogP contribution >= 0.6 is 15.9 Å². The molecule has 2 rings (SSSR count). The lowest BCUT2D eigenvalue weighted by Gasteiger charge is -2.07. The van der Waals surface area contributed by atoms with E-state index in [-0.39, 0.29) is 5.56 Å². The van der Waals surface area contributed by atoms with Gasteiger partial charge in [-0.05, 0) is 54.0 Å². The number of nitrogens with zero attached hydrogens (tertiary/aromatic N) is 2. The van der Waals surface area contributed by atoms with Gasteiger partial charge in [-0.1, -0.05) is 0 Å². The monoisotopic (exact) mass is 294 g/mol. The average Bonchev–Trinajstić information content (AvgIpc) is 2.57. The van der Waals surface area contributed by atoms with Crippen LogP contribution in [0.3, 0.4) is 0 Å². The van der Waals surface area contributed by atoms with Crippen molar-refractivity contribution in [2.24, 2.45) is 0 Å². The summed E-state index contributed by atoms with van der Waals surface area (Å²) in [4.78, 5) is 10.8. The van der Waals surface area contributed by atoms with Crippen LogP contribution in [0.2, 0.25) is 0 Å². The molecule has 0 aliphatic heterocycles. The zero-order chi connectivity index (χ0) is 12.6. The largest absolute Gasteiger partial charge is 0.478 e. The molecule has 0 unspecified atom stereocenters. The number of aryl methyl sites for hydroxylation is 2. The summed E-state index contributed by atoms with van der Waals surface area (Å²) in [6.07, 6.45) is 0. The summed E-state index contributed by atoms with van der Waals surface area (Å²) in [6.45, 7) is 3.88. The van der Waals surface area contributed by atoms with Gasteiger partial charge in [-0.2, -0.15) is 5.10 Å². The standard InChI is InChI=1S/C12H11BrN2O2/c1-7-5-8(2)15(14-7)11-4-3-9(12(16)17)6-10(11)13/h3-6H,1-2H3,(H,16,17). The van der Waals surface area contributed by atoms with Gasteiger partial charge in [0.05, 0.1) is 16.9 Å². The predicted octanol–water partition coefficient (Wildman–Crippen LogP) is 2.95. The van der Waals surface area contributed by atoms with E-state index in [2.05, 4.69) is 21.0 Å². The van der Waals surface area contributed by atoms with E-state index in [0.717, 1.165) is 17.1 Å². The van der Waals surface area contributed by atoms with Gasteiger partial charge in [-0.15, -0.1) is 0 Å². The molecule has 0 atom stereocenters. The van der Waals surface area contributed by atoms with Crippen molar-refractivity contribution in [2.45, 2.75) is 13.8 Å². The second kappa shape index (κ2) is 4.33. The Morgan fingerprint density at radius 2 is 2.06 bits per heavy atom. The molecule has 0 aliphatic carbocycles. The third-order valence-corrected chi connectivity index (χ3v) is 3.07. The predicted molar refractivity (Wildman–Crippen MR) is 67.7 cm³/mol. The Labute approximate surface area is 107 Å². The topological polar surface area (TPSA) is 55.1 Å². The fraction of sp³-hybridized carbons (Fsp3) is 0.167. The molecular weight excluding hydrogens is 284 g/mol. The summed E-state index contributed by atoms with van der Waals surface area (Å²) in [6, 6.07) is 6.86. The van der Waals surface area contributed by atoms with Crippen molar-refractivity contribution in [1.82, 2.24) is 9.78 Å². The van der Waals surface area contributed by atoms with Crippen molar-refractivity contribution in [3.8, 4) is 5.69 Å². The number of hydrogen-bond donors (Lipinski definition) is 1. The molecule has 0 saturated heterocycles. The molecule has 1 aromatic heterocycles. The quantitative estimate of drug-likeness (QED) is 0.926. The number of hydrogen-bond acceptors (Lipinski definition) is 2. The SMILES string of the molecule is Cc1cc(C)n(-c2ccc(C(=O)O)cc2Br)n1. The van der Waals surface area contributed by atoms with Gasteiger partial charge in [0.1, 0.15) is 0 Å². The lowest BCUT2D eigenvalue weighted by atomic mass is 10.2. The Kier molecular flexibility index (Phi) is 3.02. The third kappa shape index (κ3) is 2.24. The van der Waals surface area contributed by atoms with Gasteiger partial charge in [-0.3, -0.25) is 0 Å². The second-order valence-corrected chi connectivity index (χ2v) is 4.66. The van der Waals surface area contributed by atoms with Gasteiger partial charge in [0.15, 0.2) is 0 Å². The van der Waals surface area contributed by atoms with Gasteiger partial charge in [0, 0.05) is 10.2 Å². The van der Waals surface area contributed by atoms with Crippen molar-refractivity contribution in [2.75, 3.05) is 0 Å². The molecule has 0 spiro atoms. The van der Waals surface area contributed by atoms with Crippen LogP contribution in [0.4, 0.5) is 0 Å². The lowest BCUT2D eigenvalue weighted by Crippen LogP contribution is -2.02. The fourth-order valence-electron chi connectivity index (χ4n) is 1.68. The highest BCUT2D eigenvalue weighted by molar-refractivity contribution is 9.10. The van der Waals surface area contributed by atoms with Crippen molar-refractivity contribution < 1.29 is 9.90 Å².